The summed E-state index contributed by atoms with van der Waals surface area (Å²) in [6, 6.07) is 4.76. The van der Waals surface area contributed by atoms with Gasteiger partial charge in [0.05, 0.1) is 12.1 Å². The summed E-state index contributed by atoms with van der Waals surface area (Å²) in [7, 11) is 0. The number of nitrogens with one attached hydrogen (secondary N) is 1. The average Bonchev–Trinajstić information content (AvgIpc) is 2.17. The standard InChI is InChI=1S/C11H14FNO/c1-11(7-14)5-4-8-2-3-9(12)6-10(8)13-11/h2-3,6,13-14H,4-5,7H2,1H3. The highest BCUT2D eigenvalue weighted by molar-refractivity contribution is 5.55. The third-order valence-corrected chi connectivity index (χ3v) is 2.80. The van der Waals surface area contributed by atoms with E-state index in [0.717, 1.165) is 24.1 Å². The van der Waals surface area contributed by atoms with E-state index in [-0.39, 0.29) is 18.0 Å². The van der Waals surface area contributed by atoms with Crippen LogP contribution in [0.4, 0.5) is 10.1 Å². The van der Waals surface area contributed by atoms with Crippen LogP contribution in [-0.4, -0.2) is 17.3 Å². The second-order valence-corrected chi connectivity index (χ2v) is 4.15. The summed E-state index contributed by atoms with van der Waals surface area (Å²) in [5.41, 5.74) is 1.63. The lowest BCUT2D eigenvalue weighted by Gasteiger charge is -2.35. The summed E-state index contributed by atoms with van der Waals surface area (Å²) in [6.07, 6.45) is 1.77. The fraction of sp³-hybridized carbons (Fsp3) is 0.455. The molecule has 1 aromatic carbocycles. The lowest BCUT2D eigenvalue weighted by atomic mass is 9.88. The highest BCUT2D eigenvalue weighted by Gasteiger charge is 2.28. The number of aliphatic hydroxyl groups is 1. The first-order valence-electron chi connectivity index (χ1n) is 4.80. The van der Waals surface area contributed by atoms with Crippen molar-refractivity contribution in [1.82, 2.24) is 0 Å². The summed E-state index contributed by atoms with van der Waals surface area (Å²) in [4.78, 5) is 0. The maximum atomic E-state index is 12.9. The van der Waals surface area contributed by atoms with Gasteiger partial charge in [-0.05, 0) is 37.5 Å². The minimum Gasteiger partial charge on any atom is -0.394 e. The van der Waals surface area contributed by atoms with Crippen LogP contribution in [0.15, 0.2) is 18.2 Å². The van der Waals surface area contributed by atoms with Crippen LogP contribution < -0.4 is 5.32 Å². The topological polar surface area (TPSA) is 32.3 Å². The zero-order chi connectivity index (χ0) is 10.2. The largest absolute Gasteiger partial charge is 0.394 e. The molecule has 2 nitrogen and oxygen atoms in total. The van der Waals surface area contributed by atoms with Gasteiger partial charge in [0.15, 0.2) is 0 Å². The van der Waals surface area contributed by atoms with Crippen molar-refractivity contribution in [2.75, 3.05) is 11.9 Å². The summed E-state index contributed by atoms with van der Waals surface area (Å²) >= 11 is 0. The van der Waals surface area contributed by atoms with Gasteiger partial charge < -0.3 is 10.4 Å². The molecule has 1 aliphatic rings. The molecule has 2 N–H and O–H groups in total. The molecule has 0 bridgehead atoms. The van der Waals surface area contributed by atoms with E-state index >= 15 is 0 Å². The highest BCUT2D eigenvalue weighted by atomic mass is 19.1. The highest BCUT2D eigenvalue weighted by Crippen LogP contribution is 2.30. The van der Waals surface area contributed by atoms with Crippen LogP contribution in [0.25, 0.3) is 0 Å². The van der Waals surface area contributed by atoms with Crippen molar-refractivity contribution in [2.24, 2.45) is 0 Å². The molecule has 1 aliphatic heterocycles. The molecule has 14 heavy (non-hydrogen) atoms. The number of benzene rings is 1. The molecule has 0 saturated heterocycles. The molecule has 0 saturated carbocycles. The van der Waals surface area contributed by atoms with E-state index in [9.17, 15) is 9.50 Å². The molecule has 0 spiro atoms. The van der Waals surface area contributed by atoms with Crippen molar-refractivity contribution in [2.45, 2.75) is 25.3 Å². The van der Waals surface area contributed by atoms with Gasteiger partial charge in [0.1, 0.15) is 5.82 Å². The summed E-state index contributed by atoms with van der Waals surface area (Å²) < 4.78 is 12.9. The van der Waals surface area contributed by atoms with Crippen LogP contribution >= 0.6 is 0 Å². The quantitative estimate of drug-likeness (QED) is 0.717. The first-order chi connectivity index (χ1) is 6.63. The molecular weight excluding hydrogens is 181 g/mol. The molecule has 0 aromatic heterocycles. The Labute approximate surface area is 82.8 Å². The molecule has 1 aromatic rings. The lowest BCUT2D eigenvalue weighted by Crippen LogP contribution is -2.42. The van der Waals surface area contributed by atoms with Crippen molar-refractivity contribution < 1.29 is 9.50 Å². The SMILES string of the molecule is CC1(CO)CCc2ccc(F)cc2N1. The van der Waals surface area contributed by atoms with Crippen molar-refractivity contribution in [3.63, 3.8) is 0 Å². The normalized spacial score (nSPS) is 25.4. The zero-order valence-electron chi connectivity index (χ0n) is 8.18. The zero-order valence-corrected chi connectivity index (χ0v) is 8.18. The number of rotatable bonds is 1. The van der Waals surface area contributed by atoms with E-state index < -0.39 is 0 Å². The molecule has 1 heterocycles. The Morgan fingerprint density at radius 1 is 1.57 bits per heavy atom. The minimum atomic E-state index is -0.305. The van der Waals surface area contributed by atoms with Crippen LogP contribution in [-0.2, 0) is 6.42 Å². The third-order valence-electron chi connectivity index (χ3n) is 2.80. The van der Waals surface area contributed by atoms with E-state index in [1.165, 1.54) is 12.1 Å². The van der Waals surface area contributed by atoms with Crippen molar-refractivity contribution >= 4 is 5.69 Å². The molecule has 3 heteroatoms. The van der Waals surface area contributed by atoms with Crippen molar-refractivity contribution in [3.8, 4) is 0 Å². The number of fused-ring (bicyclic) bond motifs is 1. The maximum Gasteiger partial charge on any atom is 0.125 e. The third kappa shape index (κ3) is 1.60. The van der Waals surface area contributed by atoms with Gasteiger partial charge in [-0.15, -0.1) is 0 Å². The first kappa shape index (κ1) is 9.46. The van der Waals surface area contributed by atoms with Crippen LogP contribution in [0.2, 0.25) is 0 Å². The lowest BCUT2D eigenvalue weighted by molar-refractivity contribution is 0.212. The molecule has 1 atom stereocenters. The number of aliphatic hydroxyl groups excluding tert-OH is 1. The average molecular weight is 195 g/mol. The molecule has 0 aliphatic carbocycles. The van der Waals surface area contributed by atoms with Gasteiger partial charge in [0.25, 0.3) is 0 Å². The van der Waals surface area contributed by atoms with Crippen LogP contribution in [0.3, 0.4) is 0 Å². The number of anilines is 1. The predicted octanol–water partition coefficient (Wildman–Crippen LogP) is 1.93. The number of aryl methyl sites for hydroxylation is 1. The van der Waals surface area contributed by atoms with E-state index in [1.807, 2.05) is 6.92 Å². The Balaban J connectivity index is 2.33. The second kappa shape index (κ2) is 3.24. The van der Waals surface area contributed by atoms with Gasteiger partial charge in [-0.25, -0.2) is 4.39 Å². The predicted molar refractivity (Wildman–Crippen MR) is 53.8 cm³/mol. The van der Waals surface area contributed by atoms with Crippen LogP contribution in [0.5, 0.6) is 0 Å². The smallest absolute Gasteiger partial charge is 0.125 e. The van der Waals surface area contributed by atoms with Crippen LogP contribution in [0.1, 0.15) is 18.9 Å². The van der Waals surface area contributed by atoms with E-state index in [2.05, 4.69) is 5.32 Å². The minimum absolute atomic E-state index is 0.0724. The molecule has 0 fully saturated rings. The number of hydrogen-bond donors (Lipinski definition) is 2. The van der Waals surface area contributed by atoms with Crippen molar-refractivity contribution in [3.05, 3.63) is 29.6 Å². The van der Waals surface area contributed by atoms with E-state index in [4.69, 9.17) is 0 Å². The fourth-order valence-corrected chi connectivity index (χ4v) is 1.80. The monoisotopic (exact) mass is 195 g/mol. The van der Waals surface area contributed by atoms with Crippen LogP contribution in [0, 0.1) is 5.82 Å². The molecule has 0 amide bonds. The van der Waals surface area contributed by atoms with Gasteiger partial charge in [-0.3, -0.25) is 0 Å². The maximum absolute atomic E-state index is 12.9. The van der Waals surface area contributed by atoms with Crippen molar-refractivity contribution in [1.29, 1.82) is 0 Å². The Morgan fingerprint density at radius 3 is 3.07 bits per heavy atom. The number of halogens is 1. The molecule has 0 radical (unpaired) electrons. The summed E-state index contributed by atoms with van der Waals surface area (Å²) in [5, 5.41) is 12.4. The fourth-order valence-electron chi connectivity index (χ4n) is 1.80. The van der Waals surface area contributed by atoms with Gasteiger partial charge in [0, 0.05) is 5.69 Å². The number of hydrogen-bond acceptors (Lipinski definition) is 2. The van der Waals surface area contributed by atoms with Gasteiger partial charge in [0.2, 0.25) is 0 Å². The second-order valence-electron chi connectivity index (χ2n) is 4.15. The van der Waals surface area contributed by atoms with Gasteiger partial charge >= 0.3 is 0 Å². The molecular formula is C11H14FNO. The van der Waals surface area contributed by atoms with Gasteiger partial charge in [-0.2, -0.15) is 0 Å². The van der Waals surface area contributed by atoms with E-state index in [1.54, 1.807) is 6.07 Å². The Hall–Kier alpha value is -1.09. The molecule has 1 unspecified atom stereocenters. The summed E-state index contributed by atoms with van der Waals surface area (Å²) in [5.74, 6) is -0.238. The summed E-state index contributed by atoms with van der Waals surface area (Å²) in [6.45, 7) is 2.02. The van der Waals surface area contributed by atoms with E-state index in [0.29, 0.717) is 0 Å². The molecule has 76 valence electrons. The Bertz CT molecular complexity index is 353. The Morgan fingerprint density at radius 2 is 2.36 bits per heavy atom. The first-order valence-corrected chi connectivity index (χ1v) is 4.80. The molecule has 2 rings (SSSR count). The van der Waals surface area contributed by atoms with Gasteiger partial charge in [-0.1, -0.05) is 6.07 Å². The Kier molecular flexibility index (Phi) is 2.19.